The van der Waals surface area contributed by atoms with Gasteiger partial charge in [-0.3, -0.25) is 9.78 Å². The van der Waals surface area contributed by atoms with Gasteiger partial charge in [0.1, 0.15) is 5.82 Å². The zero-order valence-electron chi connectivity index (χ0n) is 19.9. The third-order valence-electron chi connectivity index (χ3n) is 5.84. The summed E-state index contributed by atoms with van der Waals surface area (Å²) in [7, 11) is 0. The smallest absolute Gasteiger partial charge is 0.276 e. The van der Waals surface area contributed by atoms with Crippen LogP contribution in [-0.4, -0.2) is 52.3 Å². The monoisotopic (exact) mass is 498 g/mol. The van der Waals surface area contributed by atoms with Crippen LogP contribution in [0.4, 0.5) is 25.8 Å². The first-order chi connectivity index (χ1) is 17.2. The van der Waals surface area contributed by atoms with Crippen molar-refractivity contribution in [3.8, 4) is 17.0 Å². The van der Waals surface area contributed by atoms with Gasteiger partial charge < -0.3 is 31.5 Å². The van der Waals surface area contributed by atoms with Gasteiger partial charge >= 0.3 is 0 Å². The number of benzene rings is 1. The molecule has 0 radical (unpaired) electrons. The Kier molecular flexibility index (Phi) is 7.32. The molecule has 2 atom stereocenters. The van der Waals surface area contributed by atoms with Gasteiger partial charge in [-0.25, -0.2) is 13.8 Å². The van der Waals surface area contributed by atoms with Gasteiger partial charge in [0.15, 0.2) is 17.3 Å². The molecule has 1 aliphatic rings. The minimum Gasteiger partial charge on any atom is -0.488 e. The van der Waals surface area contributed by atoms with Gasteiger partial charge in [0.25, 0.3) is 5.91 Å². The van der Waals surface area contributed by atoms with E-state index in [0.29, 0.717) is 24.3 Å². The summed E-state index contributed by atoms with van der Waals surface area (Å²) in [5.41, 5.74) is 12.2. The van der Waals surface area contributed by atoms with Gasteiger partial charge in [-0.15, -0.1) is 0 Å². The maximum absolute atomic E-state index is 15.1. The molecule has 0 aliphatic carbocycles. The standard InChI is InChI=1S/C25H28F2N6O3/c1-13(2)36-21-6-3-14(26)22(23(21)27)17-5-4-16(29)24(31-17)25(35)32-18-11-30-9-7-19(18)33-10-8-15(28)20(34)12-33/h3-7,9,11,13,15,20,34H,8,10,12,28-29H2,1-2H3,(H,32,35)/t15-,20-/m1/s1. The molecule has 4 rings (SSSR count). The summed E-state index contributed by atoms with van der Waals surface area (Å²) in [5, 5.41) is 12.9. The van der Waals surface area contributed by atoms with Crippen molar-refractivity contribution in [1.29, 1.82) is 0 Å². The molecule has 9 nitrogen and oxygen atoms in total. The first kappa shape index (κ1) is 25.3. The fourth-order valence-electron chi connectivity index (χ4n) is 4.01. The molecule has 2 aromatic heterocycles. The number of β-amino-alcohol motifs (C(OH)–C–C–N with tert-alkyl or cyclic N) is 1. The minimum absolute atomic E-state index is 0.0245. The summed E-state index contributed by atoms with van der Waals surface area (Å²) in [4.78, 5) is 23.3. The number of hydrogen-bond donors (Lipinski definition) is 4. The normalized spacial score (nSPS) is 17.8. The zero-order chi connectivity index (χ0) is 26.0. The second-order valence-electron chi connectivity index (χ2n) is 8.85. The number of hydrogen-bond acceptors (Lipinski definition) is 8. The molecule has 0 saturated carbocycles. The third-order valence-corrected chi connectivity index (χ3v) is 5.84. The Morgan fingerprint density at radius 2 is 2.03 bits per heavy atom. The Morgan fingerprint density at radius 1 is 1.25 bits per heavy atom. The molecule has 6 N–H and O–H groups in total. The molecule has 0 spiro atoms. The van der Waals surface area contributed by atoms with Crippen molar-refractivity contribution in [3.63, 3.8) is 0 Å². The van der Waals surface area contributed by atoms with Crippen molar-refractivity contribution >= 4 is 23.0 Å². The van der Waals surface area contributed by atoms with Crippen molar-refractivity contribution in [2.24, 2.45) is 5.73 Å². The summed E-state index contributed by atoms with van der Waals surface area (Å²) in [6.45, 7) is 4.31. The number of piperidine rings is 1. The average molecular weight is 499 g/mol. The van der Waals surface area contributed by atoms with Crippen LogP contribution in [0.2, 0.25) is 0 Å². The Balaban J connectivity index is 1.65. The van der Waals surface area contributed by atoms with Gasteiger partial charge in [-0.05, 0) is 50.6 Å². The lowest BCUT2D eigenvalue weighted by atomic mass is 10.0. The van der Waals surface area contributed by atoms with E-state index in [0.717, 1.165) is 6.07 Å². The van der Waals surface area contributed by atoms with E-state index < -0.39 is 29.2 Å². The first-order valence-corrected chi connectivity index (χ1v) is 11.5. The molecule has 0 bridgehead atoms. The van der Waals surface area contributed by atoms with Gasteiger partial charge in [0.2, 0.25) is 0 Å². The van der Waals surface area contributed by atoms with Crippen LogP contribution in [0.3, 0.4) is 0 Å². The fourth-order valence-corrected chi connectivity index (χ4v) is 4.01. The number of halogens is 2. The largest absolute Gasteiger partial charge is 0.488 e. The summed E-state index contributed by atoms with van der Waals surface area (Å²) >= 11 is 0. The second kappa shape index (κ2) is 10.4. The summed E-state index contributed by atoms with van der Waals surface area (Å²) < 4.78 is 35.2. The summed E-state index contributed by atoms with van der Waals surface area (Å²) in [6.07, 6.45) is 2.55. The highest BCUT2D eigenvalue weighted by Crippen LogP contribution is 2.33. The van der Waals surface area contributed by atoms with E-state index in [1.165, 1.54) is 24.4 Å². The van der Waals surface area contributed by atoms with Crippen LogP contribution in [0.1, 0.15) is 30.8 Å². The molecule has 0 unspecified atom stereocenters. The van der Waals surface area contributed by atoms with Crippen LogP contribution in [0, 0.1) is 11.6 Å². The molecule has 1 saturated heterocycles. The number of anilines is 3. The van der Waals surface area contributed by atoms with Gasteiger partial charge in [0, 0.05) is 25.3 Å². The number of nitrogens with one attached hydrogen (secondary N) is 1. The molecule has 36 heavy (non-hydrogen) atoms. The average Bonchev–Trinajstić information content (AvgIpc) is 2.84. The van der Waals surface area contributed by atoms with E-state index in [1.807, 2.05) is 4.90 Å². The number of aliphatic hydroxyl groups is 1. The maximum atomic E-state index is 15.1. The molecule has 3 aromatic rings. The number of pyridine rings is 2. The number of carbonyl (C=O) groups is 1. The lowest BCUT2D eigenvalue weighted by molar-refractivity contribution is 0.102. The van der Waals surface area contributed by atoms with Gasteiger partial charge in [0.05, 0.1) is 46.7 Å². The Labute approximate surface area is 207 Å². The highest BCUT2D eigenvalue weighted by atomic mass is 19.1. The topological polar surface area (TPSA) is 140 Å². The lowest BCUT2D eigenvalue weighted by Crippen LogP contribution is -2.50. The van der Waals surface area contributed by atoms with E-state index in [1.54, 1.807) is 26.1 Å². The quantitative estimate of drug-likeness (QED) is 0.407. The number of ether oxygens (including phenoxy) is 1. The number of carbonyl (C=O) groups excluding carboxylic acids is 1. The van der Waals surface area contributed by atoms with Crippen LogP contribution in [0.15, 0.2) is 42.7 Å². The SMILES string of the molecule is CC(C)Oc1ccc(F)c(-c2ccc(N)c(C(=O)Nc3cnccc3N3CC[C@@H](N)[C@H](O)C3)n2)c1F. The van der Waals surface area contributed by atoms with E-state index in [-0.39, 0.29) is 41.5 Å². The van der Waals surface area contributed by atoms with Crippen LogP contribution < -0.4 is 26.4 Å². The highest BCUT2D eigenvalue weighted by Gasteiger charge is 2.27. The molecule has 1 aromatic carbocycles. The maximum Gasteiger partial charge on any atom is 0.276 e. The van der Waals surface area contributed by atoms with Crippen LogP contribution >= 0.6 is 0 Å². The molecule has 1 fully saturated rings. The lowest BCUT2D eigenvalue weighted by Gasteiger charge is -2.36. The van der Waals surface area contributed by atoms with Crippen molar-refractivity contribution in [1.82, 2.24) is 9.97 Å². The Bertz CT molecular complexity index is 1270. The van der Waals surface area contributed by atoms with E-state index in [4.69, 9.17) is 16.2 Å². The van der Waals surface area contributed by atoms with Crippen LogP contribution in [0.5, 0.6) is 5.75 Å². The predicted octanol–water partition coefficient (Wildman–Crippen LogP) is 2.94. The van der Waals surface area contributed by atoms with Crippen LogP contribution in [-0.2, 0) is 0 Å². The first-order valence-electron chi connectivity index (χ1n) is 11.5. The number of aliphatic hydroxyl groups excluding tert-OH is 1. The van der Waals surface area contributed by atoms with Crippen LogP contribution in [0.25, 0.3) is 11.3 Å². The number of nitrogens with zero attached hydrogens (tertiary/aromatic N) is 3. The van der Waals surface area contributed by atoms with Gasteiger partial charge in [-0.1, -0.05) is 0 Å². The highest BCUT2D eigenvalue weighted by molar-refractivity contribution is 6.08. The number of nitrogen functional groups attached to an aromatic ring is 1. The summed E-state index contributed by atoms with van der Waals surface area (Å²) in [6, 6.07) is 6.36. The predicted molar refractivity (Wildman–Crippen MR) is 133 cm³/mol. The van der Waals surface area contributed by atoms with E-state index >= 15 is 4.39 Å². The molecule has 190 valence electrons. The van der Waals surface area contributed by atoms with E-state index in [2.05, 4.69) is 15.3 Å². The van der Waals surface area contributed by atoms with Crippen molar-refractivity contribution in [3.05, 3.63) is 60.1 Å². The number of amides is 1. The fraction of sp³-hybridized carbons (Fsp3) is 0.320. The third kappa shape index (κ3) is 5.21. The molecule has 1 amide bonds. The Hall–Kier alpha value is -3.83. The van der Waals surface area contributed by atoms with E-state index in [9.17, 15) is 14.3 Å². The van der Waals surface area contributed by atoms with Crippen molar-refractivity contribution in [2.75, 3.05) is 29.0 Å². The minimum atomic E-state index is -0.927. The molecule has 3 heterocycles. The Morgan fingerprint density at radius 3 is 2.75 bits per heavy atom. The summed E-state index contributed by atoms with van der Waals surface area (Å²) in [5.74, 6) is -2.60. The van der Waals surface area contributed by atoms with Crippen molar-refractivity contribution < 1.29 is 23.4 Å². The van der Waals surface area contributed by atoms with Gasteiger partial charge in [-0.2, -0.15) is 0 Å². The molecule has 11 heteroatoms. The number of aromatic nitrogens is 2. The van der Waals surface area contributed by atoms with Crippen molar-refractivity contribution in [2.45, 2.75) is 38.5 Å². The second-order valence-corrected chi connectivity index (χ2v) is 8.85. The molecular formula is C25H28F2N6O3. The molecular weight excluding hydrogens is 470 g/mol. The zero-order valence-corrected chi connectivity index (χ0v) is 19.9. The number of rotatable bonds is 6. The number of nitrogens with two attached hydrogens (primary N) is 2. The molecule has 1 aliphatic heterocycles.